The summed E-state index contributed by atoms with van der Waals surface area (Å²) in [7, 11) is 0. The normalized spacial score (nSPS) is 12.6. The number of aromatic nitrogens is 4. The van der Waals surface area contributed by atoms with Crippen molar-refractivity contribution >= 4 is 22.7 Å². The van der Waals surface area contributed by atoms with Crippen LogP contribution in [0.2, 0.25) is 0 Å². The molecule has 0 aliphatic heterocycles. The first-order chi connectivity index (χ1) is 9.65. The Balaban J connectivity index is 1.97. The predicted octanol–water partition coefficient (Wildman–Crippen LogP) is 2.76. The molecule has 0 spiro atoms. The van der Waals surface area contributed by atoms with Crippen LogP contribution in [0.25, 0.3) is 10.7 Å². The van der Waals surface area contributed by atoms with E-state index in [1.54, 1.807) is 24.8 Å². The summed E-state index contributed by atoms with van der Waals surface area (Å²) in [5.74, 6) is 0. The van der Waals surface area contributed by atoms with E-state index in [1.165, 1.54) is 22.7 Å². The molecule has 1 atom stereocenters. The second-order valence-electron chi connectivity index (χ2n) is 4.24. The van der Waals surface area contributed by atoms with Gasteiger partial charge in [-0.05, 0) is 13.8 Å². The number of thiazole rings is 2. The van der Waals surface area contributed by atoms with E-state index in [-0.39, 0.29) is 0 Å². The Morgan fingerprint density at radius 3 is 2.60 bits per heavy atom. The van der Waals surface area contributed by atoms with Gasteiger partial charge < -0.3 is 5.11 Å². The number of hydrogen-bond donors (Lipinski definition) is 1. The van der Waals surface area contributed by atoms with Crippen molar-refractivity contribution in [2.75, 3.05) is 0 Å². The fourth-order valence-corrected chi connectivity index (χ4v) is 3.70. The highest BCUT2D eigenvalue weighted by atomic mass is 32.1. The Hall–Kier alpha value is -1.70. The molecule has 0 aliphatic carbocycles. The maximum Gasteiger partial charge on any atom is 0.144 e. The molecule has 7 heteroatoms. The number of hydrogen-bond acceptors (Lipinski definition) is 7. The van der Waals surface area contributed by atoms with Crippen LogP contribution in [0.3, 0.4) is 0 Å². The standard InChI is InChI=1S/C13H12N4OS2/c1-7-12(11(18)10-6-16-8(2)19-10)20-13(17-7)9-5-14-3-4-15-9/h3-6,11,18H,1-2H3. The molecule has 3 rings (SSSR count). The molecule has 1 N–H and O–H groups in total. The van der Waals surface area contributed by atoms with Gasteiger partial charge in [-0.1, -0.05) is 0 Å². The maximum atomic E-state index is 10.5. The smallest absolute Gasteiger partial charge is 0.144 e. The Morgan fingerprint density at radius 2 is 1.95 bits per heavy atom. The second-order valence-corrected chi connectivity index (χ2v) is 6.54. The fourth-order valence-electron chi connectivity index (χ4n) is 1.81. The van der Waals surface area contributed by atoms with Crippen LogP contribution >= 0.6 is 22.7 Å². The molecule has 0 aromatic carbocycles. The van der Waals surface area contributed by atoms with Gasteiger partial charge in [-0.15, -0.1) is 22.7 Å². The van der Waals surface area contributed by atoms with Gasteiger partial charge in [0.05, 0.1) is 26.7 Å². The van der Waals surface area contributed by atoms with Crippen LogP contribution in [-0.2, 0) is 0 Å². The van der Waals surface area contributed by atoms with Gasteiger partial charge in [0.25, 0.3) is 0 Å². The summed E-state index contributed by atoms with van der Waals surface area (Å²) in [5, 5.41) is 12.2. The third-order valence-electron chi connectivity index (χ3n) is 2.77. The van der Waals surface area contributed by atoms with Gasteiger partial charge in [-0.3, -0.25) is 9.97 Å². The van der Waals surface area contributed by atoms with Crippen LogP contribution in [0.5, 0.6) is 0 Å². The molecule has 0 saturated carbocycles. The van der Waals surface area contributed by atoms with E-state index in [0.717, 1.165) is 31.2 Å². The predicted molar refractivity (Wildman–Crippen MR) is 78.8 cm³/mol. The largest absolute Gasteiger partial charge is 0.382 e. The summed E-state index contributed by atoms with van der Waals surface area (Å²) in [5.41, 5.74) is 1.54. The highest BCUT2D eigenvalue weighted by Crippen LogP contribution is 2.35. The molecule has 20 heavy (non-hydrogen) atoms. The van der Waals surface area contributed by atoms with Gasteiger partial charge in [0.1, 0.15) is 16.8 Å². The van der Waals surface area contributed by atoms with Crippen LogP contribution in [-0.4, -0.2) is 25.0 Å². The summed E-state index contributed by atoms with van der Waals surface area (Å²) < 4.78 is 0. The quantitative estimate of drug-likeness (QED) is 0.805. The Morgan fingerprint density at radius 1 is 1.10 bits per heavy atom. The lowest BCUT2D eigenvalue weighted by Gasteiger charge is -2.05. The first kappa shape index (κ1) is 13.3. The number of aliphatic hydroxyl groups excluding tert-OH is 1. The van der Waals surface area contributed by atoms with Gasteiger partial charge in [0, 0.05) is 18.6 Å². The second kappa shape index (κ2) is 5.35. The number of aryl methyl sites for hydroxylation is 2. The minimum atomic E-state index is -0.677. The highest BCUT2D eigenvalue weighted by Gasteiger charge is 2.20. The van der Waals surface area contributed by atoms with Gasteiger partial charge in [-0.25, -0.2) is 9.97 Å². The molecule has 1 unspecified atom stereocenters. The molecule has 0 bridgehead atoms. The van der Waals surface area contributed by atoms with E-state index >= 15 is 0 Å². The highest BCUT2D eigenvalue weighted by molar-refractivity contribution is 7.15. The van der Waals surface area contributed by atoms with E-state index in [2.05, 4.69) is 19.9 Å². The summed E-state index contributed by atoms with van der Waals surface area (Å²) in [6.07, 6.45) is 5.97. The van der Waals surface area contributed by atoms with Crippen molar-refractivity contribution in [3.05, 3.63) is 45.2 Å². The van der Waals surface area contributed by atoms with Crippen LogP contribution < -0.4 is 0 Å². The van der Waals surface area contributed by atoms with E-state index in [1.807, 2.05) is 13.8 Å². The van der Waals surface area contributed by atoms with Crippen molar-refractivity contribution in [3.8, 4) is 10.7 Å². The van der Waals surface area contributed by atoms with Crippen LogP contribution in [0, 0.1) is 13.8 Å². The molecule has 0 fully saturated rings. The maximum absolute atomic E-state index is 10.5. The van der Waals surface area contributed by atoms with Crippen molar-refractivity contribution in [2.45, 2.75) is 20.0 Å². The van der Waals surface area contributed by atoms with Crippen molar-refractivity contribution in [3.63, 3.8) is 0 Å². The SMILES string of the molecule is Cc1ncc(C(O)c2sc(-c3cnccn3)nc2C)s1. The van der Waals surface area contributed by atoms with E-state index in [4.69, 9.17) is 0 Å². The van der Waals surface area contributed by atoms with Crippen molar-refractivity contribution in [1.82, 2.24) is 19.9 Å². The number of nitrogens with zero attached hydrogens (tertiary/aromatic N) is 4. The topological polar surface area (TPSA) is 71.8 Å². The van der Waals surface area contributed by atoms with Crippen molar-refractivity contribution in [1.29, 1.82) is 0 Å². The van der Waals surface area contributed by atoms with Gasteiger partial charge in [0.15, 0.2) is 0 Å². The third-order valence-corrected chi connectivity index (χ3v) is 4.97. The number of rotatable bonds is 3. The van der Waals surface area contributed by atoms with Gasteiger partial charge in [0.2, 0.25) is 0 Å². The molecule has 3 aromatic rings. The molecule has 0 amide bonds. The molecule has 102 valence electrons. The molecule has 3 heterocycles. The molecular weight excluding hydrogens is 292 g/mol. The monoisotopic (exact) mass is 304 g/mol. The zero-order valence-corrected chi connectivity index (χ0v) is 12.6. The number of aliphatic hydroxyl groups is 1. The molecule has 3 aromatic heterocycles. The molecular formula is C13H12N4OS2. The third kappa shape index (κ3) is 2.47. The Labute approximate surface area is 124 Å². The lowest BCUT2D eigenvalue weighted by atomic mass is 10.2. The summed E-state index contributed by atoms with van der Waals surface area (Å²) >= 11 is 2.93. The first-order valence-corrected chi connectivity index (χ1v) is 7.62. The summed E-state index contributed by atoms with van der Waals surface area (Å²) in [4.78, 5) is 18.6. The summed E-state index contributed by atoms with van der Waals surface area (Å²) in [6, 6.07) is 0. The zero-order valence-electron chi connectivity index (χ0n) is 10.9. The molecule has 0 saturated heterocycles. The fraction of sp³-hybridized carbons (Fsp3) is 0.231. The van der Waals surface area contributed by atoms with E-state index in [9.17, 15) is 5.11 Å². The minimum absolute atomic E-state index is 0.677. The van der Waals surface area contributed by atoms with Crippen LogP contribution in [0.15, 0.2) is 24.8 Å². The molecule has 0 aliphatic rings. The Kier molecular flexibility index (Phi) is 3.56. The zero-order chi connectivity index (χ0) is 14.1. The van der Waals surface area contributed by atoms with Crippen molar-refractivity contribution < 1.29 is 5.11 Å². The summed E-state index contributed by atoms with van der Waals surface area (Å²) in [6.45, 7) is 3.81. The van der Waals surface area contributed by atoms with Gasteiger partial charge >= 0.3 is 0 Å². The Bertz CT molecular complexity index is 723. The minimum Gasteiger partial charge on any atom is -0.382 e. The lowest BCUT2D eigenvalue weighted by Crippen LogP contribution is -1.96. The van der Waals surface area contributed by atoms with E-state index < -0.39 is 6.10 Å². The van der Waals surface area contributed by atoms with E-state index in [0.29, 0.717) is 0 Å². The first-order valence-electron chi connectivity index (χ1n) is 5.99. The molecule has 5 nitrogen and oxygen atoms in total. The average molecular weight is 304 g/mol. The van der Waals surface area contributed by atoms with Crippen LogP contribution in [0.1, 0.15) is 26.6 Å². The average Bonchev–Trinajstić information content (AvgIpc) is 3.05. The molecule has 0 radical (unpaired) electrons. The van der Waals surface area contributed by atoms with Gasteiger partial charge in [-0.2, -0.15) is 0 Å². The van der Waals surface area contributed by atoms with Crippen molar-refractivity contribution in [2.24, 2.45) is 0 Å². The van der Waals surface area contributed by atoms with Crippen LogP contribution in [0.4, 0.5) is 0 Å². The lowest BCUT2D eigenvalue weighted by molar-refractivity contribution is 0.227.